The van der Waals surface area contributed by atoms with E-state index in [2.05, 4.69) is 18.2 Å². The molecule has 7 nitrogen and oxygen atoms in total. The zero-order valence-electron chi connectivity index (χ0n) is 12.8. The van der Waals surface area contributed by atoms with Crippen LogP contribution >= 0.6 is 0 Å². The molecule has 0 saturated carbocycles. The van der Waals surface area contributed by atoms with Crippen molar-refractivity contribution < 1.29 is 33.9 Å². The molecule has 0 fully saturated rings. The summed E-state index contributed by atoms with van der Waals surface area (Å²) >= 11 is 0. The van der Waals surface area contributed by atoms with Crippen LogP contribution in [0.1, 0.15) is 27.7 Å². The van der Waals surface area contributed by atoms with Crippen molar-refractivity contribution in [2.24, 2.45) is 0 Å². The Bertz CT molecular complexity index is 353. The van der Waals surface area contributed by atoms with Crippen molar-refractivity contribution in [3.63, 3.8) is 0 Å². The van der Waals surface area contributed by atoms with Crippen LogP contribution in [0.5, 0.6) is 0 Å². The average Bonchev–Trinajstić information content (AvgIpc) is 2.37. The topological polar surface area (TPSA) is 80.3 Å². The maximum atomic E-state index is 11.2. The van der Waals surface area contributed by atoms with Gasteiger partial charge in [-0.1, -0.05) is 18.2 Å². The zero-order valence-corrected chi connectivity index (χ0v) is 12.8. The second kappa shape index (κ2) is 10.1. The third kappa shape index (κ3) is 9.78. The first-order valence-electron chi connectivity index (χ1n) is 6.38. The van der Waals surface area contributed by atoms with E-state index in [1.165, 1.54) is 0 Å². The molecule has 0 rings (SSSR count). The van der Waals surface area contributed by atoms with Crippen molar-refractivity contribution in [2.45, 2.75) is 39.9 Å². The summed E-state index contributed by atoms with van der Waals surface area (Å²) in [6.07, 6.45) is -1.03. The van der Waals surface area contributed by atoms with Gasteiger partial charge in [0.05, 0.1) is 0 Å². The van der Waals surface area contributed by atoms with E-state index in [9.17, 15) is 9.59 Å². The smallest absolute Gasteiger partial charge is 0.333 e. The lowest BCUT2D eigenvalue weighted by atomic mass is 10.3. The Morgan fingerprint density at radius 3 is 1.48 bits per heavy atom. The van der Waals surface area contributed by atoms with Gasteiger partial charge in [0.25, 0.3) is 0 Å². The maximum absolute atomic E-state index is 11.2. The molecule has 0 aliphatic rings. The van der Waals surface area contributed by atoms with Gasteiger partial charge in [-0.25, -0.2) is 19.4 Å². The molecule has 0 radical (unpaired) electrons. The van der Waals surface area contributed by atoms with Crippen LogP contribution in [0.2, 0.25) is 0 Å². The Morgan fingerprint density at radius 2 is 1.19 bits per heavy atom. The zero-order chi connectivity index (χ0) is 16.4. The lowest BCUT2D eigenvalue weighted by Gasteiger charge is -2.14. The Kier molecular flexibility index (Phi) is 9.27. The van der Waals surface area contributed by atoms with Crippen molar-refractivity contribution in [1.82, 2.24) is 0 Å². The normalized spacial score (nSPS) is 13.1. The molecule has 0 aliphatic carbocycles. The van der Waals surface area contributed by atoms with Gasteiger partial charge in [-0.15, -0.1) is 0 Å². The van der Waals surface area contributed by atoms with Crippen molar-refractivity contribution in [1.29, 1.82) is 0 Å². The largest absolute Gasteiger partial charge is 0.457 e. The molecule has 0 N–H and O–H groups in total. The lowest BCUT2D eigenvalue weighted by Crippen LogP contribution is -2.23. The first-order chi connectivity index (χ1) is 9.73. The summed E-state index contributed by atoms with van der Waals surface area (Å²) in [6, 6.07) is 0. The molecule has 2 atom stereocenters. The molecule has 7 heteroatoms. The summed E-state index contributed by atoms with van der Waals surface area (Å²) in [5.41, 5.74) is 0.597. The van der Waals surface area contributed by atoms with Crippen LogP contribution in [0.15, 0.2) is 24.3 Å². The van der Waals surface area contributed by atoms with Crippen LogP contribution in [0.4, 0.5) is 0 Å². The van der Waals surface area contributed by atoms with Crippen LogP contribution in [-0.2, 0) is 33.9 Å². The van der Waals surface area contributed by atoms with Crippen LogP contribution < -0.4 is 0 Å². The van der Waals surface area contributed by atoms with Crippen molar-refractivity contribution in [2.75, 3.05) is 13.2 Å². The molecular weight excluding hydrogens is 280 g/mol. The molecule has 0 saturated heterocycles. The van der Waals surface area contributed by atoms with Crippen molar-refractivity contribution in [3.05, 3.63) is 24.3 Å². The third-order valence-electron chi connectivity index (χ3n) is 2.02. The molecule has 0 heterocycles. The molecule has 0 aromatic rings. The summed E-state index contributed by atoms with van der Waals surface area (Å²) in [6.45, 7) is 13.2. The van der Waals surface area contributed by atoms with Gasteiger partial charge in [-0.05, 0) is 27.7 Å². The fraction of sp³-hybridized carbons (Fsp3) is 0.571. The van der Waals surface area contributed by atoms with Gasteiger partial charge < -0.3 is 9.47 Å². The van der Waals surface area contributed by atoms with E-state index in [1.807, 2.05) is 0 Å². The minimum atomic E-state index is -0.517. The number of ether oxygens (including phenoxy) is 2. The summed E-state index contributed by atoms with van der Waals surface area (Å²) in [5.74, 6) is -1.01. The minimum absolute atomic E-state index is 0.0149. The lowest BCUT2D eigenvalue weighted by molar-refractivity contribution is -0.517. The monoisotopic (exact) mass is 302 g/mol. The number of hydrogen-bond donors (Lipinski definition) is 0. The van der Waals surface area contributed by atoms with Gasteiger partial charge in [-0.2, -0.15) is 0 Å². The fourth-order valence-corrected chi connectivity index (χ4v) is 0.916. The second-order valence-corrected chi connectivity index (χ2v) is 4.63. The molecule has 120 valence electrons. The fourth-order valence-electron chi connectivity index (χ4n) is 0.916. The molecule has 21 heavy (non-hydrogen) atoms. The predicted octanol–water partition coefficient (Wildman–Crippen LogP) is 1.88. The molecule has 0 spiro atoms. The van der Waals surface area contributed by atoms with Gasteiger partial charge in [0.15, 0.2) is 0 Å². The van der Waals surface area contributed by atoms with E-state index < -0.39 is 24.1 Å². The third-order valence-corrected chi connectivity index (χ3v) is 2.02. The van der Waals surface area contributed by atoms with E-state index in [0.717, 1.165) is 0 Å². The van der Waals surface area contributed by atoms with Crippen LogP contribution in [0, 0.1) is 0 Å². The number of hydrogen-bond acceptors (Lipinski definition) is 7. The van der Waals surface area contributed by atoms with Gasteiger partial charge in [0.2, 0.25) is 0 Å². The molecule has 0 aromatic carbocycles. The first kappa shape index (κ1) is 19.3. The van der Waals surface area contributed by atoms with Gasteiger partial charge in [0, 0.05) is 11.1 Å². The van der Waals surface area contributed by atoms with Gasteiger partial charge >= 0.3 is 11.9 Å². The maximum Gasteiger partial charge on any atom is 0.333 e. The van der Waals surface area contributed by atoms with Gasteiger partial charge in [-0.3, -0.25) is 0 Å². The standard InChI is InChI=1S/C14H22O7/c1-9(2)13(15)19-11(5)7-17-21-18-8-12(6)20-14(16)10(3)4/h11-12H,1,3,7-8H2,2,4-6H3. The predicted molar refractivity (Wildman–Crippen MR) is 73.7 cm³/mol. The molecule has 0 bridgehead atoms. The van der Waals surface area contributed by atoms with E-state index in [0.29, 0.717) is 11.1 Å². The van der Waals surface area contributed by atoms with Crippen molar-refractivity contribution in [3.8, 4) is 0 Å². The molecule has 0 aromatic heterocycles. The quantitative estimate of drug-likeness (QED) is 0.200. The Labute approximate surface area is 124 Å². The van der Waals surface area contributed by atoms with Gasteiger partial charge in [0.1, 0.15) is 25.4 Å². The molecule has 2 unspecified atom stereocenters. The SMILES string of the molecule is C=C(C)C(=O)OC(C)COOOCC(C)OC(=O)C(=C)C. The number of carbonyl (C=O) groups excluding carboxylic acids is 2. The van der Waals surface area contributed by atoms with Crippen LogP contribution in [0.3, 0.4) is 0 Å². The van der Waals surface area contributed by atoms with E-state index in [1.54, 1.807) is 27.7 Å². The minimum Gasteiger partial charge on any atom is -0.457 e. The Morgan fingerprint density at radius 1 is 0.857 bits per heavy atom. The summed E-state index contributed by atoms with van der Waals surface area (Å²) in [5, 5.41) is 4.43. The highest BCUT2D eigenvalue weighted by Crippen LogP contribution is 2.01. The summed E-state index contributed by atoms with van der Waals surface area (Å²) < 4.78 is 9.88. The van der Waals surface area contributed by atoms with E-state index >= 15 is 0 Å². The summed E-state index contributed by atoms with van der Waals surface area (Å²) in [4.78, 5) is 31.8. The second-order valence-electron chi connectivity index (χ2n) is 4.63. The Hall–Kier alpha value is -1.70. The highest BCUT2D eigenvalue weighted by molar-refractivity contribution is 5.87. The number of esters is 2. The molecule has 0 amide bonds. The average molecular weight is 302 g/mol. The van der Waals surface area contributed by atoms with E-state index in [4.69, 9.17) is 19.2 Å². The number of rotatable bonds is 10. The van der Waals surface area contributed by atoms with E-state index in [-0.39, 0.29) is 13.2 Å². The highest BCUT2D eigenvalue weighted by atomic mass is 17.5. The summed E-state index contributed by atoms with van der Waals surface area (Å²) in [7, 11) is 0. The first-order valence-corrected chi connectivity index (χ1v) is 6.38. The molecule has 0 aliphatic heterocycles. The Balaban J connectivity index is 3.67. The van der Waals surface area contributed by atoms with Crippen LogP contribution in [-0.4, -0.2) is 37.4 Å². The van der Waals surface area contributed by atoms with Crippen LogP contribution in [0.25, 0.3) is 0 Å². The highest BCUT2D eigenvalue weighted by Gasteiger charge is 2.12. The van der Waals surface area contributed by atoms with Crippen molar-refractivity contribution >= 4 is 11.9 Å². The number of carbonyl (C=O) groups is 2. The molecular formula is C14H22O7.